The first-order valence-corrected chi connectivity index (χ1v) is 5.30. The largest absolute Gasteiger partial charge is 1.00 e. The average Bonchev–Trinajstić information content (AvgIpc) is 2.94. The first-order chi connectivity index (χ1) is 6.68. The van der Waals surface area contributed by atoms with Gasteiger partial charge in [0.25, 0.3) is 0 Å². The van der Waals surface area contributed by atoms with Crippen LogP contribution in [0.5, 0.6) is 0 Å². The molecular formula is C12H18ClN2-. The molecule has 1 aliphatic carbocycles. The topological polar surface area (TPSA) is 18.5 Å². The summed E-state index contributed by atoms with van der Waals surface area (Å²) >= 11 is 0. The van der Waals surface area contributed by atoms with Crippen molar-refractivity contribution in [1.82, 2.24) is 0 Å². The van der Waals surface area contributed by atoms with E-state index in [9.17, 15) is 0 Å². The van der Waals surface area contributed by atoms with Crippen LogP contribution in [0.25, 0.3) is 5.43 Å². The van der Waals surface area contributed by atoms with Gasteiger partial charge >= 0.3 is 0 Å². The van der Waals surface area contributed by atoms with Gasteiger partial charge in [-0.2, -0.15) is 0 Å². The van der Waals surface area contributed by atoms with Crippen molar-refractivity contribution in [3.63, 3.8) is 0 Å². The van der Waals surface area contributed by atoms with Crippen LogP contribution in [0.15, 0.2) is 18.2 Å². The van der Waals surface area contributed by atoms with Crippen molar-refractivity contribution >= 4 is 5.69 Å². The average molecular weight is 226 g/mol. The van der Waals surface area contributed by atoms with Gasteiger partial charge in [0.1, 0.15) is 0 Å². The van der Waals surface area contributed by atoms with Crippen LogP contribution in [0.1, 0.15) is 24.0 Å². The Morgan fingerprint density at radius 2 is 1.73 bits per heavy atom. The predicted molar refractivity (Wildman–Crippen MR) is 58.8 cm³/mol. The number of benzene rings is 1. The molecule has 0 amide bonds. The first-order valence-electron chi connectivity index (χ1n) is 5.30. The number of hydrogen-bond acceptors (Lipinski definition) is 0. The van der Waals surface area contributed by atoms with E-state index in [1.807, 2.05) is 0 Å². The fourth-order valence-corrected chi connectivity index (χ4v) is 1.75. The summed E-state index contributed by atoms with van der Waals surface area (Å²) in [5.74, 6) is 0. The Hall–Kier alpha value is -0.730. The van der Waals surface area contributed by atoms with Gasteiger partial charge in [-0.3, -0.25) is 0 Å². The summed E-state index contributed by atoms with van der Waals surface area (Å²) in [7, 11) is 2.16. The molecule has 0 saturated heterocycles. The van der Waals surface area contributed by atoms with E-state index < -0.39 is 0 Å². The van der Waals surface area contributed by atoms with Crippen molar-refractivity contribution in [3.8, 4) is 0 Å². The lowest BCUT2D eigenvalue weighted by molar-refractivity contribution is -0.848. The Labute approximate surface area is 98.0 Å². The lowest BCUT2D eigenvalue weighted by Gasteiger charge is -2.31. The predicted octanol–water partition coefficient (Wildman–Crippen LogP) is -1.10. The summed E-state index contributed by atoms with van der Waals surface area (Å²) in [6, 6.07) is 7.13. The minimum absolute atomic E-state index is 0. The minimum atomic E-state index is 0. The van der Waals surface area contributed by atoms with Gasteiger partial charge in [-0.05, 0) is 13.8 Å². The van der Waals surface area contributed by atoms with Crippen LogP contribution in [0.2, 0.25) is 0 Å². The van der Waals surface area contributed by atoms with Crippen molar-refractivity contribution in [1.29, 1.82) is 0 Å². The maximum absolute atomic E-state index is 4.74. The second-order valence-electron chi connectivity index (χ2n) is 4.27. The zero-order chi connectivity index (χ0) is 10.1. The molecule has 3 heteroatoms. The minimum Gasteiger partial charge on any atom is -1.00 e. The molecule has 1 unspecified atom stereocenters. The molecule has 0 bridgehead atoms. The third kappa shape index (κ3) is 2.86. The molecule has 2 rings (SSSR count). The molecule has 0 heterocycles. The summed E-state index contributed by atoms with van der Waals surface area (Å²) in [5, 5.41) is 1.31. The third-order valence-corrected chi connectivity index (χ3v) is 2.90. The van der Waals surface area contributed by atoms with Gasteiger partial charge in [0.05, 0.1) is 13.1 Å². The van der Waals surface area contributed by atoms with E-state index in [-0.39, 0.29) is 12.4 Å². The van der Waals surface area contributed by atoms with Gasteiger partial charge in [-0.15, -0.1) is 0 Å². The van der Waals surface area contributed by atoms with Crippen LogP contribution >= 0.6 is 0 Å². The highest BCUT2D eigenvalue weighted by molar-refractivity contribution is 5.58. The number of halogens is 1. The Morgan fingerprint density at radius 3 is 2.20 bits per heavy atom. The van der Waals surface area contributed by atoms with Crippen LogP contribution in [0.4, 0.5) is 5.69 Å². The molecule has 1 aromatic rings. The second kappa shape index (κ2) is 4.86. The number of nitrogens with one attached hydrogen (secondary N) is 1. The first kappa shape index (κ1) is 12.3. The number of nitrogens with zero attached hydrogens (tertiary/aromatic N) is 1. The standard InChI is InChI=1S/C12H18N2.ClH/c1-9-5-4-6-10(2)12(9)13-14(3)11-7-8-11;/h4-6,11,14H,7-8H2,1-3H3;1H/p-1. The molecule has 0 aliphatic heterocycles. The molecule has 15 heavy (non-hydrogen) atoms. The van der Waals surface area contributed by atoms with Crippen molar-refractivity contribution in [2.75, 3.05) is 7.05 Å². The molecule has 1 aromatic carbocycles. The Balaban J connectivity index is 0.00000112. The molecule has 2 nitrogen and oxygen atoms in total. The molecule has 1 aliphatic rings. The molecule has 1 N–H and O–H groups in total. The summed E-state index contributed by atoms with van der Waals surface area (Å²) in [6.45, 7) is 4.26. The smallest absolute Gasteiger partial charge is 0.0830 e. The number of aryl methyl sites for hydroxylation is 2. The third-order valence-electron chi connectivity index (χ3n) is 2.90. The van der Waals surface area contributed by atoms with E-state index in [0.29, 0.717) is 0 Å². The van der Waals surface area contributed by atoms with Gasteiger partial charge in [-0.25, -0.2) is 0 Å². The van der Waals surface area contributed by atoms with E-state index in [4.69, 9.17) is 5.43 Å². The van der Waals surface area contributed by atoms with E-state index in [0.717, 1.165) is 6.04 Å². The van der Waals surface area contributed by atoms with Gasteiger partial charge in [0, 0.05) is 12.8 Å². The van der Waals surface area contributed by atoms with Crippen molar-refractivity contribution < 1.29 is 17.4 Å². The SMILES string of the molecule is Cc1cccc(C)c1[N-][NH+](C)C1CC1.[Cl-]. The van der Waals surface area contributed by atoms with E-state index >= 15 is 0 Å². The molecule has 1 saturated carbocycles. The van der Waals surface area contributed by atoms with Gasteiger partial charge < -0.3 is 22.8 Å². The van der Waals surface area contributed by atoms with Crippen molar-refractivity contribution in [2.24, 2.45) is 0 Å². The molecule has 0 spiro atoms. The number of rotatable bonds is 3. The molecular weight excluding hydrogens is 208 g/mol. The van der Waals surface area contributed by atoms with Gasteiger partial charge in [0.2, 0.25) is 0 Å². The summed E-state index contributed by atoms with van der Waals surface area (Å²) in [5.41, 5.74) is 8.48. The summed E-state index contributed by atoms with van der Waals surface area (Å²) in [6.07, 6.45) is 2.67. The number of para-hydroxylation sites is 1. The van der Waals surface area contributed by atoms with Crippen LogP contribution in [-0.2, 0) is 0 Å². The van der Waals surface area contributed by atoms with Crippen LogP contribution in [0.3, 0.4) is 0 Å². The fourth-order valence-electron chi connectivity index (χ4n) is 1.75. The van der Waals surface area contributed by atoms with Crippen LogP contribution in [0, 0.1) is 13.8 Å². The molecule has 0 radical (unpaired) electrons. The quantitative estimate of drug-likeness (QED) is 0.631. The highest BCUT2D eigenvalue weighted by Crippen LogP contribution is 2.26. The molecule has 84 valence electrons. The zero-order valence-corrected chi connectivity index (χ0v) is 10.3. The number of hydrogen-bond donors (Lipinski definition) is 1. The fraction of sp³-hybridized carbons (Fsp3) is 0.500. The Bertz CT molecular complexity index is 314. The van der Waals surface area contributed by atoms with E-state index in [2.05, 4.69) is 39.1 Å². The van der Waals surface area contributed by atoms with Crippen LogP contribution in [-0.4, -0.2) is 13.1 Å². The summed E-state index contributed by atoms with van der Waals surface area (Å²) < 4.78 is 0. The van der Waals surface area contributed by atoms with Gasteiger partial charge in [0.15, 0.2) is 0 Å². The highest BCUT2D eigenvalue weighted by Gasteiger charge is 2.27. The molecule has 0 aromatic heterocycles. The monoisotopic (exact) mass is 225 g/mol. The zero-order valence-electron chi connectivity index (χ0n) is 9.55. The van der Waals surface area contributed by atoms with Crippen molar-refractivity contribution in [3.05, 3.63) is 34.8 Å². The van der Waals surface area contributed by atoms with E-state index in [1.54, 1.807) is 0 Å². The Kier molecular flexibility index (Phi) is 4.00. The lowest BCUT2D eigenvalue weighted by Crippen LogP contribution is -3.05. The maximum Gasteiger partial charge on any atom is 0.0830 e. The highest BCUT2D eigenvalue weighted by atomic mass is 35.5. The number of quaternary nitrogens is 1. The van der Waals surface area contributed by atoms with Gasteiger partial charge in [-0.1, -0.05) is 35.0 Å². The molecule has 1 fully saturated rings. The van der Waals surface area contributed by atoms with E-state index in [1.165, 1.54) is 34.7 Å². The lowest BCUT2D eigenvalue weighted by atomic mass is 10.1. The Morgan fingerprint density at radius 1 is 1.20 bits per heavy atom. The molecule has 1 atom stereocenters. The summed E-state index contributed by atoms with van der Waals surface area (Å²) in [4.78, 5) is 0. The second-order valence-corrected chi connectivity index (χ2v) is 4.27. The van der Waals surface area contributed by atoms with Crippen molar-refractivity contribution in [2.45, 2.75) is 32.7 Å². The van der Waals surface area contributed by atoms with Crippen LogP contribution < -0.4 is 17.4 Å². The maximum atomic E-state index is 4.74. The normalized spacial score (nSPS) is 16.7.